The van der Waals surface area contributed by atoms with Crippen LogP contribution in [0.25, 0.3) is 11.5 Å². The molecule has 0 radical (unpaired) electrons. The number of carbonyl (C=O) groups is 1. The number of hydrogen-bond donors (Lipinski definition) is 1. The topological polar surface area (TPSA) is 81.8 Å². The van der Waals surface area contributed by atoms with Crippen molar-refractivity contribution in [2.75, 3.05) is 13.7 Å². The van der Waals surface area contributed by atoms with Gasteiger partial charge in [-0.2, -0.15) is 0 Å². The maximum Gasteiger partial charge on any atom is 0.307 e. The average molecular weight is 450 g/mol. The maximum absolute atomic E-state index is 11.6. The Balaban J connectivity index is 1.40. The zero-order chi connectivity index (χ0) is 23.4. The van der Waals surface area contributed by atoms with Crippen LogP contribution < -0.4 is 9.47 Å². The van der Waals surface area contributed by atoms with Crippen LogP contribution in [0.2, 0.25) is 0 Å². The molecule has 6 nitrogen and oxygen atoms in total. The first kappa shape index (κ1) is 22.9. The zero-order valence-electron chi connectivity index (χ0n) is 19.5. The van der Waals surface area contributed by atoms with E-state index < -0.39 is 5.97 Å². The molecule has 0 amide bonds. The number of benzene rings is 2. The van der Waals surface area contributed by atoms with Gasteiger partial charge < -0.3 is 19.0 Å². The minimum Gasteiger partial charge on any atom is -0.497 e. The molecule has 1 aromatic heterocycles. The first-order valence-corrected chi connectivity index (χ1v) is 11.6. The number of methoxy groups -OCH3 is 1. The lowest BCUT2D eigenvalue weighted by molar-refractivity contribution is -0.142. The molecule has 0 saturated heterocycles. The van der Waals surface area contributed by atoms with Crippen molar-refractivity contribution in [3.8, 4) is 23.0 Å². The van der Waals surface area contributed by atoms with Gasteiger partial charge in [0.2, 0.25) is 5.89 Å². The second-order valence-electron chi connectivity index (χ2n) is 8.43. The third-order valence-corrected chi connectivity index (χ3v) is 6.53. The number of aromatic nitrogens is 1. The molecule has 0 fully saturated rings. The van der Waals surface area contributed by atoms with Crippen molar-refractivity contribution in [2.45, 2.75) is 51.9 Å². The van der Waals surface area contributed by atoms with Gasteiger partial charge in [-0.1, -0.05) is 19.9 Å². The molecule has 2 atom stereocenters. The molecular formula is C27H31NO5. The van der Waals surface area contributed by atoms with Gasteiger partial charge in [-0.15, -0.1) is 0 Å². The zero-order valence-corrected chi connectivity index (χ0v) is 19.5. The Morgan fingerprint density at radius 1 is 1.18 bits per heavy atom. The number of carboxylic acid groups (broad SMARTS) is 1. The highest BCUT2D eigenvalue weighted by Crippen LogP contribution is 2.41. The fourth-order valence-corrected chi connectivity index (χ4v) is 4.74. The van der Waals surface area contributed by atoms with Gasteiger partial charge >= 0.3 is 5.97 Å². The summed E-state index contributed by atoms with van der Waals surface area (Å²) in [6.45, 7) is 4.50. The Bertz CT molecular complexity index is 1100. The number of aryl methyl sites for hydroxylation is 2. The summed E-state index contributed by atoms with van der Waals surface area (Å²) in [4.78, 5) is 16.3. The van der Waals surface area contributed by atoms with Gasteiger partial charge in [0.05, 0.1) is 25.3 Å². The second-order valence-corrected chi connectivity index (χ2v) is 8.43. The van der Waals surface area contributed by atoms with Crippen LogP contribution >= 0.6 is 0 Å². The lowest BCUT2D eigenvalue weighted by atomic mass is 9.85. The lowest BCUT2D eigenvalue weighted by Gasteiger charge is -2.19. The standard InChI is InChI=1S/C27H31NO5/c1-4-21(27(29)30)23-12-8-18-16-20(11-13-22(18)23)32-15-14-24-25(5-2)33-26(28-24)17-6-9-19(31-3)10-7-17/h6-7,9-11,13,16,21,23H,4-5,8,12,14-15H2,1-3H3,(H,29,30)/t21-,23?/m0/s1. The Hall–Kier alpha value is -3.28. The molecule has 174 valence electrons. The summed E-state index contributed by atoms with van der Waals surface area (Å²) in [6, 6.07) is 13.7. The van der Waals surface area contributed by atoms with E-state index in [-0.39, 0.29) is 11.8 Å². The van der Waals surface area contributed by atoms with Crippen LogP contribution in [0.1, 0.15) is 55.2 Å². The molecule has 2 aromatic carbocycles. The van der Waals surface area contributed by atoms with Crippen molar-refractivity contribution < 1.29 is 23.8 Å². The largest absolute Gasteiger partial charge is 0.497 e. The smallest absolute Gasteiger partial charge is 0.307 e. The Morgan fingerprint density at radius 2 is 1.94 bits per heavy atom. The predicted molar refractivity (Wildman–Crippen MR) is 126 cm³/mol. The second kappa shape index (κ2) is 10.1. The summed E-state index contributed by atoms with van der Waals surface area (Å²) in [6.07, 6.45) is 3.85. The van der Waals surface area contributed by atoms with Crippen molar-refractivity contribution in [2.24, 2.45) is 5.92 Å². The summed E-state index contributed by atoms with van der Waals surface area (Å²) in [5.41, 5.74) is 4.19. The van der Waals surface area contributed by atoms with Gasteiger partial charge in [-0.05, 0) is 72.7 Å². The van der Waals surface area contributed by atoms with Crippen LogP contribution in [-0.4, -0.2) is 29.8 Å². The number of hydrogen-bond acceptors (Lipinski definition) is 5. The van der Waals surface area contributed by atoms with Gasteiger partial charge in [0.25, 0.3) is 0 Å². The van der Waals surface area contributed by atoms with E-state index in [0.29, 0.717) is 25.3 Å². The molecule has 1 unspecified atom stereocenters. The van der Waals surface area contributed by atoms with Crippen molar-refractivity contribution >= 4 is 5.97 Å². The number of oxazole rings is 1. The molecule has 0 aliphatic heterocycles. The van der Waals surface area contributed by atoms with E-state index >= 15 is 0 Å². The Labute approximate surface area is 194 Å². The molecule has 1 N–H and O–H groups in total. The highest BCUT2D eigenvalue weighted by atomic mass is 16.5. The minimum absolute atomic E-state index is 0.0927. The maximum atomic E-state index is 11.6. The van der Waals surface area contributed by atoms with Crippen LogP contribution in [-0.2, 0) is 24.1 Å². The normalized spacial score (nSPS) is 15.8. The van der Waals surface area contributed by atoms with Gasteiger partial charge in [-0.25, -0.2) is 4.98 Å². The van der Waals surface area contributed by atoms with Crippen LogP contribution in [0.5, 0.6) is 11.5 Å². The average Bonchev–Trinajstić information content (AvgIpc) is 3.43. The lowest BCUT2D eigenvalue weighted by Crippen LogP contribution is -2.19. The number of fused-ring (bicyclic) bond motifs is 1. The van der Waals surface area contributed by atoms with E-state index in [1.54, 1.807) is 7.11 Å². The van der Waals surface area contributed by atoms with Crippen molar-refractivity contribution in [3.63, 3.8) is 0 Å². The number of aliphatic carboxylic acids is 1. The minimum atomic E-state index is -0.705. The molecule has 33 heavy (non-hydrogen) atoms. The number of carboxylic acids is 1. The summed E-state index contributed by atoms with van der Waals surface area (Å²) in [7, 11) is 1.64. The number of nitrogens with zero attached hydrogens (tertiary/aromatic N) is 1. The molecule has 1 aliphatic carbocycles. The Kier molecular flexibility index (Phi) is 7.02. The highest BCUT2D eigenvalue weighted by Gasteiger charge is 2.33. The summed E-state index contributed by atoms with van der Waals surface area (Å²) in [5.74, 6) is 2.16. The van der Waals surface area contributed by atoms with Crippen molar-refractivity contribution in [1.82, 2.24) is 4.98 Å². The van der Waals surface area contributed by atoms with E-state index in [9.17, 15) is 9.90 Å². The van der Waals surface area contributed by atoms with Crippen molar-refractivity contribution in [3.05, 3.63) is 65.0 Å². The molecule has 1 heterocycles. The number of rotatable bonds is 10. The third kappa shape index (κ3) is 4.90. The number of ether oxygens (including phenoxy) is 2. The van der Waals surface area contributed by atoms with Gasteiger partial charge in [-0.3, -0.25) is 4.79 Å². The van der Waals surface area contributed by atoms with E-state index in [0.717, 1.165) is 53.3 Å². The fraction of sp³-hybridized carbons (Fsp3) is 0.407. The van der Waals surface area contributed by atoms with Gasteiger partial charge in [0.15, 0.2) is 0 Å². The van der Waals surface area contributed by atoms with Crippen LogP contribution in [0.15, 0.2) is 46.9 Å². The SMILES string of the molecule is CCc1oc(-c2ccc(OC)cc2)nc1CCOc1ccc2c(c1)CCC2[C@H](CC)C(=O)O. The molecule has 3 aromatic rings. The third-order valence-electron chi connectivity index (χ3n) is 6.53. The summed E-state index contributed by atoms with van der Waals surface area (Å²) in [5, 5.41) is 9.54. The summed E-state index contributed by atoms with van der Waals surface area (Å²) >= 11 is 0. The quantitative estimate of drug-likeness (QED) is 0.429. The fourth-order valence-electron chi connectivity index (χ4n) is 4.74. The molecule has 0 saturated carbocycles. The van der Waals surface area contributed by atoms with Gasteiger partial charge in [0, 0.05) is 18.4 Å². The van der Waals surface area contributed by atoms with Crippen LogP contribution in [0.4, 0.5) is 0 Å². The molecule has 6 heteroatoms. The Morgan fingerprint density at radius 3 is 2.61 bits per heavy atom. The van der Waals surface area contributed by atoms with E-state index in [1.807, 2.05) is 43.3 Å². The van der Waals surface area contributed by atoms with Gasteiger partial charge in [0.1, 0.15) is 17.3 Å². The predicted octanol–water partition coefficient (Wildman–Crippen LogP) is 5.67. The first-order valence-electron chi connectivity index (χ1n) is 11.6. The monoisotopic (exact) mass is 449 g/mol. The first-order chi connectivity index (χ1) is 16.0. The van der Waals surface area contributed by atoms with Crippen molar-refractivity contribution in [1.29, 1.82) is 0 Å². The molecular weight excluding hydrogens is 418 g/mol. The highest BCUT2D eigenvalue weighted by molar-refractivity contribution is 5.72. The molecule has 0 spiro atoms. The molecule has 4 rings (SSSR count). The van der Waals surface area contributed by atoms with E-state index in [4.69, 9.17) is 18.9 Å². The van der Waals surface area contributed by atoms with Crippen LogP contribution in [0, 0.1) is 5.92 Å². The van der Waals surface area contributed by atoms with Crippen LogP contribution in [0.3, 0.4) is 0 Å². The van der Waals surface area contributed by atoms with E-state index in [2.05, 4.69) is 13.0 Å². The molecule has 0 bridgehead atoms. The van der Waals surface area contributed by atoms with E-state index in [1.165, 1.54) is 5.56 Å². The molecule has 1 aliphatic rings. The summed E-state index contributed by atoms with van der Waals surface area (Å²) < 4.78 is 17.2.